The molecule has 0 unspecified atom stereocenters. The van der Waals surface area contributed by atoms with Gasteiger partial charge in [-0.15, -0.1) is 0 Å². The van der Waals surface area contributed by atoms with Crippen molar-refractivity contribution in [1.82, 2.24) is 19.8 Å². The highest BCUT2D eigenvalue weighted by atomic mass is 15.2. The molecule has 0 bridgehead atoms. The third-order valence-electron chi connectivity index (χ3n) is 4.34. The van der Waals surface area contributed by atoms with E-state index in [0.29, 0.717) is 0 Å². The van der Waals surface area contributed by atoms with Gasteiger partial charge in [-0.2, -0.15) is 0 Å². The van der Waals surface area contributed by atoms with E-state index in [2.05, 4.69) is 46.1 Å². The van der Waals surface area contributed by atoms with Crippen LogP contribution in [0, 0.1) is 0 Å². The molecule has 2 heterocycles. The standard InChI is InChI=1S/C14H25N5/c1-4-19-9-5-14(6-10-19,18(2)3)12-17-13-11-15-7-8-16-13/h7-8,11H,4-6,9-10,12H2,1-3H3,(H,16,17). The quantitative estimate of drug-likeness (QED) is 0.867. The first-order chi connectivity index (χ1) is 9.16. The molecule has 1 aromatic heterocycles. The van der Waals surface area contributed by atoms with Crippen molar-refractivity contribution in [3.8, 4) is 0 Å². The molecule has 1 aliphatic rings. The fourth-order valence-electron chi connectivity index (χ4n) is 2.71. The zero-order valence-electron chi connectivity index (χ0n) is 12.3. The van der Waals surface area contributed by atoms with Crippen molar-refractivity contribution in [2.45, 2.75) is 25.3 Å². The summed E-state index contributed by atoms with van der Waals surface area (Å²) in [5.41, 5.74) is 0.225. The molecule has 1 saturated heterocycles. The van der Waals surface area contributed by atoms with E-state index in [-0.39, 0.29) is 5.54 Å². The lowest BCUT2D eigenvalue weighted by atomic mass is 9.86. The Labute approximate surface area is 116 Å². The fraction of sp³-hybridized carbons (Fsp3) is 0.714. The normalized spacial score (nSPS) is 19.6. The molecule has 1 aromatic rings. The molecule has 106 valence electrons. The summed E-state index contributed by atoms with van der Waals surface area (Å²) in [6, 6.07) is 0. The van der Waals surface area contributed by atoms with E-state index in [4.69, 9.17) is 0 Å². The molecule has 0 aromatic carbocycles. The average molecular weight is 263 g/mol. The SMILES string of the molecule is CCN1CCC(CNc2cnccn2)(N(C)C)CC1. The van der Waals surface area contributed by atoms with Crippen LogP contribution in [0.1, 0.15) is 19.8 Å². The Hall–Kier alpha value is -1.20. The molecule has 1 aliphatic heterocycles. The molecule has 0 saturated carbocycles. The van der Waals surface area contributed by atoms with Crippen molar-refractivity contribution >= 4 is 5.82 Å². The Balaban J connectivity index is 1.97. The van der Waals surface area contributed by atoms with Crippen LogP contribution >= 0.6 is 0 Å². The molecular weight excluding hydrogens is 238 g/mol. The molecule has 5 nitrogen and oxygen atoms in total. The Kier molecular flexibility index (Phi) is 4.71. The Bertz CT molecular complexity index is 371. The monoisotopic (exact) mass is 263 g/mol. The second-order valence-corrected chi connectivity index (χ2v) is 5.50. The molecule has 0 spiro atoms. The van der Waals surface area contributed by atoms with Gasteiger partial charge in [0.25, 0.3) is 0 Å². The van der Waals surface area contributed by atoms with Crippen molar-refractivity contribution in [1.29, 1.82) is 0 Å². The summed E-state index contributed by atoms with van der Waals surface area (Å²) in [4.78, 5) is 13.3. The molecule has 19 heavy (non-hydrogen) atoms. The van der Waals surface area contributed by atoms with Crippen LogP contribution in [0.15, 0.2) is 18.6 Å². The number of hydrogen-bond donors (Lipinski definition) is 1. The lowest BCUT2D eigenvalue weighted by Crippen LogP contribution is -2.56. The number of anilines is 1. The molecule has 0 radical (unpaired) electrons. The molecule has 1 N–H and O–H groups in total. The highest BCUT2D eigenvalue weighted by molar-refractivity contribution is 5.30. The third-order valence-corrected chi connectivity index (χ3v) is 4.34. The first-order valence-electron chi connectivity index (χ1n) is 7.06. The summed E-state index contributed by atoms with van der Waals surface area (Å²) >= 11 is 0. The van der Waals surface area contributed by atoms with Gasteiger partial charge in [-0.3, -0.25) is 4.98 Å². The highest BCUT2D eigenvalue weighted by Gasteiger charge is 2.36. The highest BCUT2D eigenvalue weighted by Crippen LogP contribution is 2.27. The van der Waals surface area contributed by atoms with E-state index in [1.54, 1.807) is 18.6 Å². The first-order valence-corrected chi connectivity index (χ1v) is 7.06. The lowest BCUT2D eigenvalue weighted by Gasteiger charge is -2.46. The summed E-state index contributed by atoms with van der Waals surface area (Å²) in [6.07, 6.45) is 7.60. The van der Waals surface area contributed by atoms with Crippen LogP contribution in [0.2, 0.25) is 0 Å². The van der Waals surface area contributed by atoms with E-state index in [1.165, 1.54) is 25.9 Å². The maximum Gasteiger partial charge on any atom is 0.144 e. The smallest absolute Gasteiger partial charge is 0.144 e. The Morgan fingerprint density at radius 2 is 2.05 bits per heavy atom. The fourth-order valence-corrected chi connectivity index (χ4v) is 2.71. The van der Waals surface area contributed by atoms with Gasteiger partial charge in [-0.1, -0.05) is 6.92 Å². The average Bonchev–Trinajstić information content (AvgIpc) is 2.46. The Morgan fingerprint density at radius 1 is 1.32 bits per heavy atom. The van der Waals surface area contributed by atoms with E-state index in [0.717, 1.165) is 18.9 Å². The van der Waals surface area contributed by atoms with E-state index < -0.39 is 0 Å². The molecule has 0 amide bonds. The summed E-state index contributed by atoms with van der Waals surface area (Å²) in [5, 5.41) is 3.44. The van der Waals surface area contributed by atoms with E-state index in [9.17, 15) is 0 Å². The predicted octanol–water partition coefficient (Wildman–Crippen LogP) is 1.30. The second-order valence-electron chi connectivity index (χ2n) is 5.50. The van der Waals surface area contributed by atoms with Crippen molar-refractivity contribution in [2.24, 2.45) is 0 Å². The predicted molar refractivity (Wildman–Crippen MR) is 78.3 cm³/mol. The van der Waals surface area contributed by atoms with Crippen LogP contribution in [-0.2, 0) is 0 Å². The van der Waals surface area contributed by atoms with E-state index >= 15 is 0 Å². The summed E-state index contributed by atoms with van der Waals surface area (Å²) < 4.78 is 0. The minimum Gasteiger partial charge on any atom is -0.367 e. The number of piperidine rings is 1. The molecule has 0 atom stereocenters. The van der Waals surface area contributed by atoms with Gasteiger partial charge in [0.2, 0.25) is 0 Å². The van der Waals surface area contributed by atoms with Crippen LogP contribution in [0.5, 0.6) is 0 Å². The number of nitrogens with zero attached hydrogens (tertiary/aromatic N) is 4. The lowest BCUT2D eigenvalue weighted by molar-refractivity contribution is 0.0686. The number of hydrogen-bond acceptors (Lipinski definition) is 5. The maximum atomic E-state index is 4.28. The molecular formula is C14H25N5. The maximum absolute atomic E-state index is 4.28. The van der Waals surface area contributed by atoms with Crippen molar-refractivity contribution < 1.29 is 0 Å². The number of aromatic nitrogens is 2. The largest absolute Gasteiger partial charge is 0.367 e. The summed E-state index contributed by atoms with van der Waals surface area (Å²) in [7, 11) is 4.36. The van der Waals surface area contributed by atoms with Gasteiger partial charge >= 0.3 is 0 Å². The number of nitrogens with one attached hydrogen (secondary N) is 1. The van der Waals surface area contributed by atoms with Crippen LogP contribution in [0.25, 0.3) is 0 Å². The van der Waals surface area contributed by atoms with Gasteiger partial charge in [0.1, 0.15) is 5.82 Å². The van der Waals surface area contributed by atoms with Gasteiger partial charge in [0.05, 0.1) is 6.20 Å². The molecule has 2 rings (SSSR count). The minimum absolute atomic E-state index is 0.225. The van der Waals surface area contributed by atoms with Crippen molar-refractivity contribution in [3.05, 3.63) is 18.6 Å². The second kappa shape index (κ2) is 6.30. The number of rotatable bonds is 5. The Morgan fingerprint density at radius 3 is 2.58 bits per heavy atom. The van der Waals surface area contributed by atoms with E-state index in [1.807, 2.05) is 0 Å². The molecule has 0 aliphatic carbocycles. The van der Waals surface area contributed by atoms with Gasteiger partial charge in [-0.05, 0) is 46.6 Å². The molecule has 1 fully saturated rings. The molecule has 5 heteroatoms. The van der Waals surface area contributed by atoms with Gasteiger partial charge in [0, 0.05) is 24.5 Å². The van der Waals surface area contributed by atoms with Crippen LogP contribution in [0.3, 0.4) is 0 Å². The number of likely N-dealkylation sites (tertiary alicyclic amines) is 1. The van der Waals surface area contributed by atoms with Gasteiger partial charge in [-0.25, -0.2) is 4.98 Å². The van der Waals surface area contributed by atoms with Crippen molar-refractivity contribution in [3.63, 3.8) is 0 Å². The zero-order chi connectivity index (χ0) is 13.7. The summed E-state index contributed by atoms with van der Waals surface area (Å²) in [6.45, 7) is 6.67. The summed E-state index contributed by atoms with van der Waals surface area (Å²) in [5.74, 6) is 0.863. The van der Waals surface area contributed by atoms with Crippen LogP contribution in [0.4, 0.5) is 5.82 Å². The van der Waals surface area contributed by atoms with Gasteiger partial charge < -0.3 is 15.1 Å². The third kappa shape index (κ3) is 3.42. The minimum atomic E-state index is 0.225. The first kappa shape index (κ1) is 14.2. The zero-order valence-corrected chi connectivity index (χ0v) is 12.3. The topological polar surface area (TPSA) is 44.3 Å². The van der Waals surface area contributed by atoms with Crippen LogP contribution in [-0.4, -0.2) is 65.6 Å². The van der Waals surface area contributed by atoms with Crippen LogP contribution < -0.4 is 5.32 Å². The van der Waals surface area contributed by atoms with Gasteiger partial charge in [0.15, 0.2) is 0 Å². The van der Waals surface area contributed by atoms with Crippen molar-refractivity contribution in [2.75, 3.05) is 45.6 Å². The number of likely N-dealkylation sites (N-methyl/N-ethyl adjacent to an activating group) is 1.